The lowest BCUT2D eigenvalue weighted by molar-refractivity contribution is 0.103. The zero-order valence-corrected chi connectivity index (χ0v) is 17.8. The van der Waals surface area contributed by atoms with Gasteiger partial charge in [0, 0.05) is 24.3 Å². The van der Waals surface area contributed by atoms with Crippen LogP contribution in [-0.4, -0.2) is 37.2 Å². The molecule has 1 N–H and O–H groups in total. The van der Waals surface area contributed by atoms with Crippen LogP contribution in [0.2, 0.25) is 0 Å². The van der Waals surface area contributed by atoms with E-state index in [4.69, 9.17) is 9.72 Å². The molecule has 0 atom stereocenters. The molecule has 0 aliphatic carbocycles. The van der Waals surface area contributed by atoms with Gasteiger partial charge in [-0.15, -0.1) is 0 Å². The lowest BCUT2D eigenvalue weighted by atomic mass is 10.1. The second-order valence-electron chi connectivity index (χ2n) is 7.47. The Bertz CT molecular complexity index is 1000. The summed E-state index contributed by atoms with van der Waals surface area (Å²) >= 11 is 1.45. The van der Waals surface area contributed by atoms with Gasteiger partial charge in [0.1, 0.15) is 4.88 Å². The summed E-state index contributed by atoms with van der Waals surface area (Å²) in [6.45, 7) is 9.07. The molecule has 150 valence electrons. The van der Waals surface area contributed by atoms with Crippen LogP contribution >= 0.6 is 11.3 Å². The Morgan fingerprint density at radius 2 is 1.66 bits per heavy atom. The molecule has 29 heavy (non-hydrogen) atoms. The Morgan fingerprint density at radius 1 is 1.00 bits per heavy atom. The molecule has 3 aromatic rings. The van der Waals surface area contributed by atoms with Crippen LogP contribution in [0.4, 0.5) is 10.8 Å². The number of carbonyl (C=O) groups is 1. The molecular formula is C23H25N3O2S. The van der Waals surface area contributed by atoms with Gasteiger partial charge in [-0.05, 0) is 44.0 Å². The molecule has 1 aromatic heterocycles. The van der Waals surface area contributed by atoms with Crippen LogP contribution in [0.25, 0.3) is 11.3 Å². The zero-order valence-electron chi connectivity index (χ0n) is 17.0. The molecule has 1 aliphatic heterocycles. The van der Waals surface area contributed by atoms with E-state index in [-0.39, 0.29) is 5.91 Å². The number of hydrogen-bond donors (Lipinski definition) is 1. The molecule has 1 fully saturated rings. The number of ether oxygens (including phenoxy) is 1. The number of aromatic nitrogens is 1. The first-order valence-corrected chi connectivity index (χ1v) is 10.6. The first-order valence-electron chi connectivity index (χ1n) is 9.80. The second-order valence-corrected chi connectivity index (χ2v) is 8.45. The molecule has 0 bridgehead atoms. The zero-order chi connectivity index (χ0) is 20.4. The fraction of sp³-hybridized carbons (Fsp3) is 0.304. The summed E-state index contributed by atoms with van der Waals surface area (Å²) < 4.78 is 5.46. The number of hydrogen-bond acceptors (Lipinski definition) is 5. The number of benzene rings is 2. The van der Waals surface area contributed by atoms with Gasteiger partial charge in [-0.3, -0.25) is 4.79 Å². The van der Waals surface area contributed by atoms with E-state index in [0.29, 0.717) is 18.1 Å². The van der Waals surface area contributed by atoms with Crippen LogP contribution in [-0.2, 0) is 4.74 Å². The minimum absolute atomic E-state index is 0.123. The lowest BCUT2D eigenvalue weighted by Gasteiger charge is -2.26. The van der Waals surface area contributed by atoms with Gasteiger partial charge in [-0.1, -0.05) is 47.2 Å². The number of amides is 1. The number of morpholine rings is 1. The van der Waals surface area contributed by atoms with Crippen molar-refractivity contribution in [3.63, 3.8) is 0 Å². The van der Waals surface area contributed by atoms with E-state index < -0.39 is 0 Å². The SMILES string of the molecule is Cc1ccc(-c2nc(N3CCOCC3)sc2C(=O)Nc2cc(C)cc(C)c2)cc1. The highest BCUT2D eigenvalue weighted by Gasteiger charge is 2.23. The lowest BCUT2D eigenvalue weighted by Crippen LogP contribution is -2.36. The maximum atomic E-state index is 13.2. The molecule has 5 nitrogen and oxygen atoms in total. The summed E-state index contributed by atoms with van der Waals surface area (Å²) in [5, 5.41) is 3.94. The van der Waals surface area contributed by atoms with Gasteiger partial charge in [0.05, 0.1) is 18.9 Å². The van der Waals surface area contributed by atoms with E-state index in [0.717, 1.165) is 46.3 Å². The van der Waals surface area contributed by atoms with Crippen molar-refractivity contribution < 1.29 is 9.53 Å². The predicted octanol–water partition coefficient (Wildman–Crippen LogP) is 4.82. The van der Waals surface area contributed by atoms with Crippen LogP contribution in [0, 0.1) is 20.8 Å². The van der Waals surface area contributed by atoms with Crippen LogP contribution in [0.3, 0.4) is 0 Å². The summed E-state index contributed by atoms with van der Waals surface area (Å²) in [6.07, 6.45) is 0. The van der Waals surface area contributed by atoms with Gasteiger partial charge in [-0.2, -0.15) is 0 Å². The third-order valence-corrected chi connectivity index (χ3v) is 6.02. The molecule has 1 aliphatic rings. The summed E-state index contributed by atoms with van der Waals surface area (Å²) in [4.78, 5) is 20.9. The molecule has 4 rings (SSSR count). The van der Waals surface area contributed by atoms with E-state index in [9.17, 15) is 4.79 Å². The van der Waals surface area contributed by atoms with E-state index in [1.165, 1.54) is 16.9 Å². The molecule has 1 amide bonds. The number of rotatable bonds is 4. The van der Waals surface area contributed by atoms with E-state index in [1.54, 1.807) is 0 Å². The third-order valence-electron chi connectivity index (χ3n) is 4.91. The first-order chi connectivity index (χ1) is 14.0. The number of carbonyl (C=O) groups excluding carboxylic acids is 1. The van der Waals surface area contributed by atoms with Crippen molar-refractivity contribution in [2.45, 2.75) is 20.8 Å². The average Bonchev–Trinajstić information content (AvgIpc) is 3.14. The van der Waals surface area contributed by atoms with Gasteiger partial charge >= 0.3 is 0 Å². The Hall–Kier alpha value is -2.70. The normalized spacial score (nSPS) is 14.1. The topological polar surface area (TPSA) is 54.5 Å². The molecule has 2 heterocycles. The van der Waals surface area contributed by atoms with E-state index in [2.05, 4.69) is 35.3 Å². The summed E-state index contributed by atoms with van der Waals surface area (Å²) in [5.41, 5.74) is 5.92. The second kappa shape index (κ2) is 8.35. The number of thiazole rings is 1. The largest absolute Gasteiger partial charge is 0.378 e. The molecule has 1 saturated heterocycles. The van der Waals surface area contributed by atoms with Crippen molar-refractivity contribution in [2.75, 3.05) is 36.5 Å². The van der Waals surface area contributed by atoms with Crippen LogP contribution in [0.15, 0.2) is 42.5 Å². The van der Waals surface area contributed by atoms with Crippen molar-refractivity contribution >= 4 is 28.1 Å². The van der Waals surface area contributed by atoms with Gasteiger partial charge in [0.15, 0.2) is 5.13 Å². The van der Waals surface area contributed by atoms with Crippen LogP contribution in [0.5, 0.6) is 0 Å². The minimum Gasteiger partial charge on any atom is -0.378 e. The van der Waals surface area contributed by atoms with E-state index in [1.807, 2.05) is 38.1 Å². The maximum Gasteiger partial charge on any atom is 0.268 e. The Labute approximate surface area is 175 Å². The van der Waals surface area contributed by atoms with Crippen molar-refractivity contribution in [2.24, 2.45) is 0 Å². The number of aryl methyl sites for hydroxylation is 3. The predicted molar refractivity (Wildman–Crippen MR) is 119 cm³/mol. The van der Waals surface area contributed by atoms with E-state index >= 15 is 0 Å². The molecule has 0 unspecified atom stereocenters. The van der Waals surface area contributed by atoms with Gasteiger partial charge in [-0.25, -0.2) is 4.98 Å². The van der Waals surface area contributed by atoms with Crippen LogP contribution in [0.1, 0.15) is 26.4 Å². The standard InChI is InChI=1S/C23H25N3O2S/c1-15-4-6-18(7-5-15)20-21(29-23(25-20)26-8-10-28-11-9-26)22(27)24-19-13-16(2)12-17(3)14-19/h4-7,12-14H,8-11H2,1-3H3,(H,24,27). The summed E-state index contributed by atoms with van der Waals surface area (Å²) in [6, 6.07) is 14.2. The highest BCUT2D eigenvalue weighted by molar-refractivity contribution is 7.18. The minimum atomic E-state index is -0.123. The number of nitrogens with zero attached hydrogens (tertiary/aromatic N) is 2. The summed E-state index contributed by atoms with van der Waals surface area (Å²) in [5.74, 6) is -0.123. The fourth-order valence-corrected chi connectivity index (χ4v) is 4.53. The van der Waals surface area contributed by atoms with Gasteiger partial charge < -0.3 is 15.0 Å². The number of nitrogens with one attached hydrogen (secondary N) is 1. The van der Waals surface area contributed by atoms with Crippen molar-refractivity contribution in [3.05, 3.63) is 64.0 Å². The van der Waals surface area contributed by atoms with Crippen molar-refractivity contribution in [1.82, 2.24) is 4.98 Å². The first kappa shape index (κ1) is 19.6. The summed E-state index contributed by atoms with van der Waals surface area (Å²) in [7, 11) is 0. The van der Waals surface area contributed by atoms with Gasteiger partial charge in [0.25, 0.3) is 5.91 Å². The quantitative estimate of drug-likeness (QED) is 0.673. The van der Waals surface area contributed by atoms with Crippen LogP contribution < -0.4 is 10.2 Å². The molecule has 0 spiro atoms. The Balaban J connectivity index is 1.70. The highest BCUT2D eigenvalue weighted by atomic mass is 32.1. The molecule has 2 aromatic carbocycles. The number of anilines is 2. The smallest absolute Gasteiger partial charge is 0.268 e. The Morgan fingerprint density at radius 3 is 2.31 bits per heavy atom. The molecular weight excluding hydrogens is 382 g/mol. The third kappa shape index (κ3) is 4.49. The fourth-order valence-electron chi connectivity index (χ4n) is 3.49. The van der Waals surface area contributed by atoms with Crippen molar-refractivity contribution in [1.29, 1.82) is 0 Å². The van der Waals surface area contributed by atoms with Crippen molar-refractivity contribution in [3.8, 4) is 11.3 Å². The van der Waals surface area contributed by atoms with Gasteiger partial charge in [0.2, 0.25) is 0 Å². The molecule has 0 radical (unpaired) electrons. The maximum absolute atomic E-state index is 13.2. The average molecular weight is 408 g/mol. The highest BCUT2D eigenvalue weighted by Crippen LogP contribution is 2.34. The molecule has 6 heteroatoms. The molecule has 0 saturated carbocycles. The monoisotopic (exact) mass is 407 g/mol. The Kier molecular flexibility index (Phi) is 5.65.